The van der Waals surface area contributed by atoms with Crippen molar-refractivity contribution in [3.8, 4) is 0 Å². The van der Waals surface area contributed by atoms with Gasteiger partial charge < -0.3 is 4.57 Å². The van der Waals surface area contributed by atoms with Gasteiger partial charge in [0.1, 0.15) is 11.3 Å². The highest BCUT2D eigenvalue weighted by molar-refractivity contribution is 6.17. The summed E-state index contributed by atoms with van der Waals surface area (Å²) in [5.41, 5.74) is 4.07. The van der Waals surface area contributed by atoms with Gasteiger partial charge in [0.2, 0.25) is 0 Å². The maximum atomic E-state index is 5.94. The molecule has 0 aliphatic heterocycles. The van der Waals surface area contributed by atoms with Crippen LogP contribution >= 0.6 is 11.6 Å². The second kappa shape index (κ2) is 5.48. The Morgan fingerprint density at radius 1 is 1.38 bits per heavy atom. The Labute approximate surface area is 128 Å². The van der Waals surface area contributed by atoms with Crippen LogP contribution in [-0.2, 0) is 13.5 Å². The van der Waals surface area contributed by atoms with Gasteiger partial charge in [-0.1, -0.05) is 6.07 Å². The highest BCUT2D eigenvalue weighted by atomic mass is 35.5. The average molecular weight is 304 g/mol. The van der Waals surface area contributed by atoms with Gasteiger partial charge in [-0.2, -0.15) is 5.10 Å². The molecule has 0 aliphatic carbocycles. The molecule has 0 bridgehead atoms. The molecule has 0 radical (unpaired) electrons. The van der Waals surface area contributed by atoms with E-state index in [2.05, 4.69) is 27.6 Å². The minimum Gasteiger partial charge on any atom is -0.305 e. The third-order valence-corrected chi connectivity index (χ3v) is 3.97. The Morgan fingerprint density at radius 2 is 2.19 bits per heavy atom. The van der Waals surface area contributed by atoms with Crippen molar-refractivity contribution in [1.29, 1.82) is 0 Å². The van der Waals surface area contributed by atoms with Crippen LogP contribution in [0.15, 0.2) is 24.5 Å². The molecular formula is C15H18ClN5. The molecule has 5 nitrogen and oxygen atoms in total. The molecule has 3 heterocycles. The fourth-order valence-corrected chi connectivity index (χ4v) is 2.95. The predicted octanol–water partition coefficient (Wildman–Crippen LogP) is 2.86. The number of alkyl halides is 1. The van der Waals surface area contributed by atoms with E-state index in [1.165, 1.54) is 0 Å². The summed E-state index contributed by atoms with van der Waals surface area (Å²) in [6.45, 7) is 4.14. The van der Waals surface area contributed by atoms with Crippen LogP contribution in [-0.4, -0.2) is 30.2 Å². The number of hydrogen-bond acceptors (Lipinski definition) is 3. The van der Waals surface area contributed by atoms with Crippen molar-refractivity contribution >= 4 is 22.8 Å². The monoisotopic (exact) mass is 303 g/mol. The standard InChI is InChI=1S/C15H18ClN5/c1-10-14-15(20(3)19-10)21(13(18-14)6-7-16)11(2)12-5-4-8-17-9-12/h4-5,8-9,11H,6-7H2,1-3H3. The molecule has 0 spiro atoms. The minimum atomic E-state index is 0.136. The smallest absolute Gasteiger partial charge is 0.159 e. The quantitative estimate of drug-likeness (QED) is 0.696. The van der Waals surface area contributed by atoms with Gasteiger partial charge in [-0.05, 0) is 25.5 Å². The van der Waals surface area contributed by atoms with Crippen LogP contribution in [0.1, 0.15) is 30.0 Å². The van der Waals surface area contributed by atoms with Gasteiger partial charge in [0.05, 0.1) is 11.7 Å². The van der Waals surface area contributed by atoms with E-state index in [1.807, 2.05) is 30.9 Å². The second-order valence-corrected chi connectivity index (χ2v) is 5.56. The zero-order valence-electron chi connectivity index (χ0n) is 12.4. The van der Waals surface area contributed by atoms with Gasteiger partial charge in [-0.25, -0.2) is 4.98 Å². The first-order valence-electron chi connectivity index (χ1n) is 6.99. The highest BCUT2D eigenvalue weighted by Crippen LogP contribution is 2.27. The van der Waals surface area contributed by atoms with Crippen LogP contribution < -0.4 is 0 Å². The molecule has 3 rings (SSSR count). The molecule has 0 amide bonds. The number of fused-ring (bicyclic) bond motifs is 1. The molecule has 3 aromatic rings. The predicted molar refractivity (Wildman–Crippen MR) is 83.7 cm³/mol. The van der Waals surface area contributed by atoms with Gasteiger partial charge in [-0.15, -0.1) is 11.6 Å². The maximum absolute atomic E-state index is 5.94. The van der Waals surface area contributed by atoms with Crippen molar-refractivity contribution in [3.63, 3.8) is 0 Å². The highest BCUT2D eigenvalue weighted by Gasteiger charge is 2.21. The molecular weight excluding hydrogens is 286 g/mol. The van der Waals surface area contributed by atoms with Gasteiger partial charge in [0.15, 0.2) is 5.65 Å². The van der Waals surface area contributed by atoms with Crippen LogP contribution in [0.5, 0.6) is 0 Å². The second-order valence-electron chi connectivity index (χ2n) is 5.18. The van der Waals surface area contributed by atoms with Crippen LogP contribution in [0.3, 0.4) is 0 Å². The largest absolute Gasteiger partial charge is 0.305 e. The zero-order chi connectivity index (χ0) is 15.0. The van der Waals surface area contributed by atoms with Crippen molar-refractivity contribution in [3.05, 3.63) is 41.6 Å². The molecule has 0 saturated carbocycles. The third kappa shape index (κ3) is 2.31. The number of rotatable bonds is 4. The molecule has 110 valence electrons. The third-order valence-electron chi connectivity index (χ3n) is 3.78. The lowest BCUT2D eigenvalue weighted by molar-refractivity contribution is 0.597. The van der Waals surface area contributed by atoms with Crippen molar-refractivity contribution in [2.75, 3.05) is 5.88 Å². The lowest BCUT2D eigenvalue weighted by Crippen LogP contribution is -2.13. The van der Waals surface area contributed by atoms with Gasteiger partial charge in [-0.3, -0.25) is 9.67 Å². The summed E-state index contributed by atoms with van der Waals surface area (Å²) in [6.07, 6.45) is 4.41. The van der Waals surface area contributed by atoms with Crippen LogP contribution in [0, 0.1) is 6.92 Å². The van der Waals surface area contributed by atoms with Crippen molar-refractivity contribution in [2.24, 2.45) is 7.05 Å². The molecule has 6 heteroatoms. The Balaban J connectivity index is 2.21. The number of halogens is 1. The van der Waals surface area contributed by atoms with E-state index in [-0.39, 0.29) is 6.04 Å². The van der Waals surface area contributed by atoms with Crippen molar-refractivity contribution in [2.45, 2.75) is 26.3 Å². The SMILES string of the molecule is Cc1nn(C)c2c1nc(CCCl)n2C(C)c1cccnc1. The molecule has 0 aliphatic rings. The van der Waals surface area contributed by atoms with E-state index in [4.69, 9.17) is 16.6 Å². The summed E-state index contributed by atoms with van der Waals surface area (Å²) in [6, 6.07) is 4.17. The topological polar surface area (TPSA) is 48.5 Å². The number of hydrogen-bond donors (Lipinski definition) is 0. The summed E-state index contributed by atoms with van der Waals surface area (Å²) in [5, 5.41) is 4.47. The first-order valence-corrected chi connectivity index (χ1v) is 7.53. The van der Waals surface area contributed by atoms with E-state index in [9.17, 15) is 0 Å². The molecule has 0 N–H and O–H groups in total. The molecule has 1 unspecified atom stereocenters. The number of aryl methyl sites for hydroxylation is 3. The van der Waals surface area contributed by atoms with E-state index >= 15 is 0 Å². The van der Waals surface area contributed by atoms with Gasteiger partial charge >= 0.3 is 0 Å². The molecule has 1 atom stereocenters. The van der Waals surface area contributed by atoms with Gasteiger partial charge in [0, 0.05) is 31.7 Å². The Kier molecular flexibility index (Phi) is 3.68. The summed E-state index contributed by atoms with van der Waals surface area (Å²) in [7, 11) is 1.95. The fraction of sp³-hybridized carbons (Fsp3) is 0.400. The Hall–Kier alpha value is -1.88. The normalized spacial score (nSPS) is 13.0. The number of pyridine rings is 1. The van der Waals surface area contributed by atoms with E-state index < -0.39 is 0 Å². The number of aromatic nitrogens is 5. The molecule has 21 heavy (non-hydrogen) atoms. The molecule has 0 saturated heterocycles. The van der Waals surface area contributed by atoms with E-state index in [0.29, 0.717) is 5.88 Å². The number of imidazole rings is 1. The first-order chi connectivity index (χ1) is 10.1. The summed E-state index contributed by atoms with van der Waals surface area (Å²) in [4.78, 5) is 8.96. The number of nitrogens with zero attached hydrogens (tertiary/aromatic N) is 5. The van der Waals surface area contributed by atoms with E-state index in [0.717, 1.165) is 34.7 Å². The Morgan fingerprint density at radius 3 is 2.86 bits per heavy atom. The Bertz CT molecular complexity index is 759. The summed E-state index contributed by atoms with van der Waals surface area (Å²) < 4.78 is 4.11. The van der Waals surface area contributed by atoms with Crippen LogP contribution in [0.4, 0.5) is 0 Å². The minimum absolute atomic E-state index is 0.136. The zero-order valence-corrected chi connectivity index (χ0v) is 13.2. The van der Waals surface area contributed by atoms with Crippen LogP contribution in [0.25, 0.3) is 11.2 Å². The maximum Gasteiger partial charge on any atom is 0.159 e. The average Bonchev–Trinajstić information content (AvgIpc) is 2.98. The molecule has 0 fully saturated rings. The van der Waals surface area contributed by atoms with Crippen molar-refractivity contribution in [1.82, 2.24) is 24.3 Å². The lowest BCUT2D eigenvalue weighted by Gasteiger charge is -2.17. The van der Waals surface area contributed by atoms with Crippen molar-refractivity contribution < 1.29 is 0 Å². The molecule has 3 aromatic heterocycles. The lowest BCUT2D eigenvalue weighted by atomic mass is 10.1. The fourth-order valence-electron chi connectivity index (χ4n) is 2.78. The molecule has 0 aromatic carbocycles. The first kappa shape index (κ1) is 14.1. The summed E-state index contributed by atoms with van der Waals surface area (Å²) >= 11 is 5.94. The van der Waals surface area contributed by atoms with Crippen LogP contribution in [0.2, 0.25) is 0 Å². The summed E-state index contributed by atoms with van der Waals surface area (Å²) in [5.74, 6) is 1.54. The van der Waals surface area contributed by atoms with E-state index in [1.54, 1.807) is 6.20 Å². The van der Waals surface area contributed by atoms with Gasteiger partial charge in [0.25, 0.3) is 0 Å².